The number of nitrogens with one attached hydrogen (secondary N) is 2. The number of aromatic amines is 1. The summed E-state index contributed by atoms with van der Waals surface area (Å²) in [5.41, 5.74) is 0.873. The first-order valence-corrected chi connectivity index (χ1v) is 14.2. The molecule has 1 amide bonds. The number of phenolic OH excluding ortho intramolecular Hbond substituents is 1. The largest absolute Gasteiger partial charge is 0.508 e. The molecule has 5 rings (SSSR count). The Morgan fingerprint density at radius 1 is 1.26 bits per heavy atom. The molecule has 39 heavy (non-hydrogen) atoms. The number of likely N-dealkylation sites (tertiary alicyclic amines) is 1. The predicted octanol–water partition coefficient (Wildman–Crippen LogP) is 3.00. The normalized spacial score (nSPS) is 27.5. The standard InChI is InChI=1S/C31H41N3O5/c1-18(2)11-23(17-35)32-28(37)25-12-22-14-31(39)20(4)34(16-21-6-7-21)10-9-30(31,15-27(22)33-29(25)38)26-13-24(36)8-5-19(26)3/h5,8,12-13,17-18,20-21,23,36,39H,6-7,9-11,14-16H2,1-4H3,(H,32,37)(H,33,38). The van der Waals surface area contributed by atoms with Crippen molar-refractivity contribution in [1.82, 2.24) is 15.2 Å². The monoisotopic (exact) mass is 535 g/mol. The van der Waals surface area contributed by atoms with E-state index in [2.05, 4.69) is 22.1 Å². The Hall–Kier alpha value is -2.97. The summed E-state index contributed by atoms with van der Waals surface area (Å²) >= 11 is 0. The summed E-state index contributed by atoms with van der Waals surface area (Å²) < 4.78 is 0. The summed E-state index contributed by atoms with van der Waals surface area (Å²) in [6.45, 7) is 9.78. The van der Waals surface area contributed by atoms with Gasteiger partial charge in [0, 0.05) is 36.5 Å². The van der Waals surface area contributed by atoms with Gasteiger partial charge >= 0.3 is 0 Å². The third-order valence-electron chi connectivity index (χ3n) is 9.42. The quantitative estimate of drug-likeness (QED) is 0.386. The van der Waals surface area contributed by atoms with E-state index in [0.717, 1.165) is 29.8 Å². The van der Waals surface area contributed by atoms with E-state index >= 15 is 0 Å². The lowest BCUT2D eigenvalue weighted by Crippen LogP contribution is -2.71. The van der Waals surface area contributed by atoms with Crippen molar-refractivity contribution in [3.8, 4) is 5.75 Å². The molecule has 4 atom stereocenters. The van der Waals surface area contributed by atoms with E-state index in [-0.39, 0.29) is 29.7 Å². The number of H-pyrrole nitrogens is 1. The van der Waals surface area contributed by atoms with Gasteiger partial charge in [-0.1, -0.05) is 19.9 Å². The SMILES string of the molecule is Cc1ccc(O)cc1C12CCN(CC3CC3)C(C)C1(O)Cc1cc(C(=O)NC(C=O)CC(C)C)c(=O)[nH]c1C2. The van der Waals surface area contributed by atoms with Gasteiger partial charge in [0.05, 0.1) is 11.6 Å². The van der Waals surface area contributed by atoms with E-state index in [1.807, 2.05) is 26.8 Å². The van der Waals surface area contributed by atoms with Crippen molar-refractivity contribution in [2.75, 3.05) is 13.1 Å². The van der Waals surface area contributed by atoms with E-state index in [4.69, 9.17) is 0 Å². The van der Waals surface area contributed by atoms with E-state index in [1.54, 1.807) is 18.2 Å². The summed E-state index contributed by atoms with van der Waals surface area (Å²) in [7, 11) is 0. The summed E-state index contributed by atoms with van der Waals surface area (Å²) in [5, 5.41) is 25.9. The molecule has 4 N–H and O–H groups in total. The fourth-order valence-electron chi connectivity index (χ4n) is 7.07. The van der Waals surface area contributed by atoms with Crippen LogP contribution in [0.4, 0.5) is 0 Å². The number of aromatic nitrogens is 1. The van der Waals surface area contributed by atoms with Crippen LogP contribution in [-0.2, 0) is 23.1 Å². The summed E-state index contributed by atoms with van der Waals surface area (Å²) in [5.74, 6) is 0.441. The summed E-state index contributed by atoms with van der Waals surface area (Å²) in [6.07, 6.45) is 4.98. The molecular formula is C31H41N3O5. The van der Waals surface area contributed by atoms with E-state index < -0.39 is 28.5 Å². The Labute approximate surface area is 229 Å². The molecule has 3 aliphatic rings. The number of hydrogen-bond acceptors (Lipinski definition) is 6. The third-order valence-corrected chi connectivity index (χ3v) is 9.42. The van der Waals surface area contributed by atoms with E-state index in [1.165, 1.54) is 12.8 Å². The van der Waals surface area contributed by atoms with Crippen molar-refractivity contribution in [2.45, 2.75) is 89.3 Å². The Bertz CT molecular complexity index is 1330. The Kier molecular flexibility index (Phi) is 7.22. The lowest BCUT2D eigenvalue weighted by atomic mass is 9.53. The fraction of sp³-hybridized carbons (Fsp3) is 0.581. The molecule has 1 saturated heterocycles. The van der Waals surface area contributed by atoms with Crippen molar-refractivity contribution in [3.63, 3.8) is 0 Å². The number of phenols is 1. The number of pyridine rings is 1. The van der Waals surface area contributed by atoms with Crippen LogP contribution < -0.4 is 10.9 Å². The lowest BCUT2D eigenvalue weighted by molar-refractivity contribution is -0.139. The number of aryl methyl sites for hydroxylation is 1. The number of nitrogens with zero attached hydrogens (tertiary/aromatic N) is 1. The lowest BCUT2D eigenvalue weighted by Gasteiger charge is -2.60. The van der Waals surface area contributed by atoms with Crippen LogP contribution in [-0.4, -0.2) is 63.1 Å². The van der Waals surface area contributed by atoms with Gasteiger partial charge in [0.2, 0.25) is 0 Å². The molecule has 0 bridgehead atoms. The number of rotatable bonds is 8. The number of carbonyl (C=O) groups is 2. The highest BCUT2D eigenvalue weighted by Crippen LogP contribution is 2.54. The maximum atomic E-state index is 13.2. The molecule has 0 spiro atoms. The molecule has 2 aromatic rings. The maximum absolute atomic E-state index is 13.2. The highest BCUT2D eigenvalue weighted by atomic mass is 16.3. The molecule has 2 aliphatic carbocycles. The molecule has 0 radical (unpaired) electrons. The summed E-state index contributed by atoms with van der Waals surface area (Å²) in [4.78, 5) is 43.1. The predicted molar refractivity (Wildman–Crippen MR) is 149 cm³/mol. The number of amides is 1. The van der Waals surface area contributed by atoms with Crippen LogP contribution in [0.3, 0.4) is 0 Å². The molecule has 210 valence electrons. The van der Waals surface area contributed by atoms with Crippen molar-refractivity contribution in [2.24, 2.45) is 11.8 Å². The van der Waals surface area contributed by atoms with Crippen molar-refractivity contribution >= 4 is 12.2 Å². The summed E-state index contributed by atoms with van der Waals surface area (Å²) in [6, 6.07) is 6.07. The Balaban J connectivity index is 1.57. The molecule has 8 nitrogen and oxygen atoms in total. The second kappa shape index (κ2) is 10.2. The minimum atomic E-state index is -1.19. The number of aliphatic hydroxyl groups is 1. The van der Waals surface area contributed by atoms with Gasteiger partial charge in [0.15, 0.2) is 0 Å². The minimum absolute atomic E-state index is 0.0488. The van der Waals surface area contributed by atoms with Gasteiger partial charge in [0.25, 0.3) is 11.5 Å². The number of carbonyl (C=O) groups excluding carboxylic acids is 2. The average Bonchev–Trinajstić information content (AvgIpc) is 3.70. The topological polar surface area (TPSA) is 123 Å². The zero-order valence-electron chi connectivity index (χ0n) is 23.4. The minimum Gasteiger partial charge on any atom is -0.508 e. The van der Waals surface area contributed by atoms with Crippen LogP contribution in [0.2, 0.25) is 0 Å². The number of hydrogen-bond donors (Lipinski definition) is 4. The zero-order valence-corrected chi connectivity index (χ0v) is 23.4. The molecule has 8 heteroatoms. The molecular weight excluding hydrogens is 494 g/mol. The van der Waals surface area contributed by atoms with Gasteiger partial charge in [-0.15, -0.1) is 0 Å². The van der Waals surface area contributed by atoms with Crippen molar-refractivity contribution in [1.29, 1.82) is 0 Å². The van der Waals surface area contributed by atoms with Crippen molar-refractivity contribution in [3.05, 3.63) is 62.6 Å². The zero-order chi connectivity index (χ0) is 28.1. The van der Waals surface area contributed by atoms with Crippen molar-refractivity contribution < 1.29 is 19.8 Å². The highest BCUT2D eigenvalue weighted by molar-refractivity contribution is 5.95. The third kappa shape index (κ3) is 4.93. The first kappa shape index (κ1) is 27.6. The van der Waals surface area contributed by atoms with Gasteiger partial charge < -0.3 is 25.3 Å². The molecule has 1 aromatic carbocycles. The van der Waals surface area contributed by atoms with Crippen LogP contribution in [0.15, 0.2) is 29.1 Å². The van der Waals surface area contributed by atoms with Gasteiger partial charge in [-0.25, -0.2) is 0 Å². The second-order valence-corrected chi connectivity index (χ2v) is 12.6. The van der Waals surface area contributed by atoms with E-state index in [9.17, 15) is 24.6 Å². The molecule has 1 saturated carbocycles. The molecule has 1 aliphatic heterocycles. The van der Waals surface area contributed by atoms with Gasteiger partial charge in [-0.3, -0.25) is 14.5 Å². The van der Waals surface area contributed by atoms with Crippen LogP contribution in [0.25, 0.3) is 0 Å². The smallest absolute Gasteiger partial charge is 0.261 e. The highest BCUT2D eigenvalue weighted by Gasteiger charge is 2.61. The molecule has 2 heterocycles. The number of benzene rings is 1. The van der Waals surface area contributed by atoms with Gasteiger partial charge in [-0.05, 0) is 92.8 Å². The number of piperidine rings is 1. The van der Waals surface area contributed by atoms with Crippen LogP contribution in [0.1, 0.15) is 79.2 Å². The Morgan fingerprint density at radius 2 is 2.00 bits per heavy atom. The number of aldehydes is 1. The van der Waals surface area contributed by atoms with Crippen LogP contribution >= 0.6 is 0 Å². The number of fused-ring (bicyclic) bond motifs is 2. The Morgan fingerprint density at radius 3 is 2.67 bits per heavy atom. The first-order chi connectivity index (χ1) is 18.5. The first-order valence-electron chi connectivity index (χ1n) is 14.2. The fourth-order valence-corrected chi connectivity index (χ4v) is 7.07. The molecule has 4 unspecified atom stereocenters. The van der Waals surface area contributed by atoms with Crippen LogP contribution in [0.5, 0.6) is 5.75 Å². The van der Waals surface area contributed by atoms with Crippen LogP contribution in [0, 0.1) is 18.8 Å². The van der Waals surface area contributed by atoms with E-state index in [0.29, 0.717) is 37.2 Å². The molecule has 2 fully saturated rings. The molecule has 1 aromatic heterocycles. The van der Waals surface area contributed by atoms with Gasteiger partial charge in [-0.2, -0.15) is 0 Å². The maximum Gasteiger partial charge on any atom is 0.261 e. The van der Waals surface area contributed by atoms with Gasteiger partial charge in [0.1, 0.15) is 17.6 Å². The second-order valence-electron chi connectivity index (χ2n) is 12.6. The number of aromatic hydroxyl groups is 1. The average molecular weight is 536 g/mol.